The second-order valence-corrected chi connectivity index (χ2v) is 5.36. The number of benzene rings is 1. The number of nitrogens with zero attached hydrogens (tertiary/aromatic N) is 2. The van der Waals surface area contributed by atoms with Crippen LogP contribution in [0.3, 0.4) is 0 Å². The van der Waals surface area contributed by atoms with Gasteiger partial charge in [0.25, 0.3) is 0 Å². The minimum atomic E-state index is 0.0379. The van der Waals surface area contributed by atoms with Crippen molar-refractivity contribution in [2.24, 2.45) is 0 Å². The first kappa shape index (κ1) is 13.9. The SMILES string of the molecule is CC(C)Oc1ncnc2cc(OC3CCOC3)c(N)cc12. The highest BCUT2D eigenvalue weighted by Crippen LogP contribution is 2.32. The largest absolute Gasteiger partial charge is 0.486 e. The van der Waals surface area contributed by atoms with Gasteiger partial charge in [0.05, 0.1) is 35.9 Å². The lowest BCUT2D eigenvalue weighted by molar-refractivity contribution is 0.142. The summed E-state index contributed by atoms with van der Waals surface area (Å²) in [6.07, 6.45) is 2.45. The second-order valence-electron chi connectivity index (χ2n) is 5.36. The highest BCUT2D eigenvalue weighted by atomic mass is 16.5. The molecule has 1 aliphatic rings. The molecule has 1 atom stereocenters. The van der Waals surface area contributed by atoms with Crippen LogP contribution in [0.15, 0.2) is 18.5 Å². The molecule has 1 saturated heterocycles. The number of ether oxygens (including phenoxy) is 3. The van der Waals surface area contributed by atoms with Gasteiger partial charge >= 0.3 is 0 Å². The minimum Gasteiger partial charge on any atom is -0.486 e. The predicted molar refractivity (Wildman–Crippen MR) is 79.6 cm³/mol. The Morgan fingerprint density at radius 3 is 2.90 bits per heavy atom. The Morgan fingerprint density at radius 1 is 1.33 bits per heavy atom. The van der Waals surface area contributed by atoms with Gasteiger partial charge in [0, 0.05) is 12.5 Å². The van der Waals surface area contributed by atoms with Crippen molar-refractivity contribution in [1.82, 2.24) is 9.97 Å². The number of fused-ring (bicyclic) bond motifs is 1. The van der Waals surface area contributed by atoms with E-state index in [1.807, 2.05) is 19.9 Å². The summed E-state index contributed by atoms with van der Waals surface area (Å²) in [4.78, 5) is 8.44. The number of aromatic nitrogens is 2. The topological polar surface area (TPSA) is 79.5 Å². The Hall–Kier alpha value is -2.08. The Labute approximate surface area is 123 Å². The summed E-state index contributed by atoms with van der Waals surface area (Å²) in [5, 5.41) is 0.790. The lowest BCUT2D eigenvalue weighted by Gasteiger charge is -2.15. The van der Waals surface area contributed by atoms with E-state index in [-0.39, 0.29) is 12.2 Å². The fourth-order valence-corrected chi connectivity index (χ4v) is 2.28. The molecule has 1 aromatic heterocycles. The molecule has 0 radical (unpaired) electrons. The summed E-state index contributed by atoms with van der Waals surface area (Å²) in [7, 11) is 0. The molecule has 2 N–H and O–H groups in total. The van der Waals surface area contributed by atoms with Crippen LogP contribution in [-0.4, -0.2) is 35.4 Å². The Kier molecular flexibility index (Phi) is 3.79. The maximum absolute atomic E-state index is 6.09. The van der Waals surface area contributed by atoms with Crippen molar-refractivity contribution in [1.29, 1.82) is 0 Å². The van der Waals surface area contributed by atoms with Crippen LogP contribution in [0.1, 0.15) is 20.3 Å². The summed E-state index contributed by atoms with van der Waals surface area (Å²) in [5.74, 6) is 1.17. The molecule has 2 aromatic rings. The second kappa shape index (κ2) is 5.73. The number of anilines is 1. The first-order valence-corrected chi connectivity index (χ1v) is 7.09. The van der Waals surface area contributed by atoms with Crippen LogP contribution >= 0.6 is 0 Å². The van der Waals surface area contributed by atoms with Gasteiger partial charge in [-0.1, -0.05) is 0 Å². The van der Waals surface area contributed by atoms with Crippen LogP contribution in [0.2, 0.25) is 0 Å². The number of nitrogens with two attached hydrogens (primary N) is 1. The number of hydrogen-bond donors (Lipinski definition) is 1. The normalized spacial score (nSPS) is 18.3. The molecule has 1 fully saturated rings. The fourth-order valence-electron chi connectivity index (χ4n) is 2.28. The molecule has 1 aromatic carbocycles. The van der Waals surface area contributed by atoms with Crippen molar-refractivity contribution < 1.29 is 14.2 Å². The van der Waals surface area contributed by atoms with Crippen LogP contribution in [0.4, 0.5) is 5.69 Å². The first-order valence-electron chi connectivity index (χ1n) is 7.09. The van der Waals surface area contributed by atoms with Crippen molar-refractivity contribution in [2.75, 3.05) is 18.9 Å². The molecule has 2 heterocycles. The molecule has 0 amide bonds. The number of hydrogen-bond acceptors (Lipinski definition) is 6. The Bertz CT molecular complexity index is 639. The smallest absolute Gasteiger partial charge is 0.224 e. The van der Waals surface area contributed by atoms with Gasteiger partial charge < -0.3 is 19.9 Å². The summed E-state index contributed by atoms with van der Waals surface area (Å²) >= 11 is 0. The summed E-state index contributed by atoms with van der Waals surface area (Å²) in [6.45, 7) is 5.24. The third kappa shape index (κ3) is 3.00. The van der Waals surface area contributed by atoms with E-state index in [0.717, 1.165) is 23.9 Å². The quantitative estimate of drug-likeness (QED) is 0.869. The average molecular weight is 289 g/mol. The maximum atomic E-state index is 6.09. The van der Waals surface area contributed by atoms with E-state index in [9.17, 15) is 0 Å². The van der Waals surface area contributed by atoms with Crippen molar-refractivity contribution >= 4 is 16.6 Å². The molecule has 0 saturated carbocycles. The van der Waals surface area contributed by atoms with Crippen molar-refractivity contribution in [2.45, 2.75) is 32.5 Å². The van der Waals surface area contributed by atoms with Gasteiger partial charge in [0.1, 0.15) is 18.2 Å². The van der Waals surface area contributed by atoms with Crippen LogP contribution in [0, 0.1) is 0 Å². The van der Waals surface area contributed by atoms with Gasteiger partial charge in [-0.05, 0) is 19.9 Å². The van der Waals surface area contributed by atoms with E-state index in [1.165, 1.54) is 6.33 Å². The fraction of sp³-hybridized carbons (Fsp3) is 0.467. The Balaban J connectivity index is 1.95. The first-order chi connectivity index (χ1) is 10.1. The van der Waals surface area contributed by atoms with E-state index in [4.69, 9.17) is 19.9 Å². The van der Waals surface area contributed by atoms with E-state index < -0.39 is 0 Å². The summed E-state index contributed by atoms with van der Waals surface area (Å²) < 4.78 is 16.9. The molecule has 6 heteroatoms. The molecule has 21 heavy (non-hydrogen) atoms. The Morgan fingerprint density at radius 2 is 2.19 bits per heavy atom. The third-order valence-electron chi connectivity index (χ3n) is 3.26. The molecule has 3 rings (SSSR count). The van der Waals surface area contributed by atoms with E-state index in [2.05, 4.69) is 9.97 Å². The molecular weight excluding hydrogens is 270 g/mol. The van der Waals surface area contributed by atoms with Crippen LogP contribution in [0.5, 0.6) is 11.6 Å². The van der Waals surface area contributed by atoms with Gasteiger partial charge in [-0.2, -0.15) is 0 Å². The van der Waals surface area contributed by atoms with Crippen molar-refractivity contribution in [3.05, 3.63) is 18.5 Å². The van der Waals surface area contributed by atoms with E-state index in [0.29, 0.717) is 23.9 Å². The molecule has 112 valence electrons. The van der Waals surface area contributed by atoms with Gasteiger partial charge in [0.15, 0.2) is 0 Å². The van der Waals surface area contributed by atoms with Crippen LogP contribution < -0.4 is 15.2 Å². The highest BCUT2D eigenvalue weighted by molar-refractivity contribution is 5.88. The van der Waals surface area contributed by atoms with Gasteiger partial charge in [0.2, 0.25) is 5.88 Å². The van der Waals surface area contributed by atoms with Crippen LogP contribution in [0.25, 0.3) is 10.9 Å². The molecule has 0 spiro atoms. The molecule has 0 bridgehead atoms. The summed E-state index contributed by atoms with van der Waals surface area (Å²) in [6, 6.07) is 3.63. The maximum Gasteiger partial charge on any atom is 0.224 e. The van der Waals surface area contributed by atoms with Gasteiger partial charge in [-0.3, -0.25) is 0 Å². The lowest BCUT2D eigenvalue weighted by atomic mass is 10.2. The molecule has 0 aliphatic carbocycles. The summed E-state index contributed by atoms with van der Waals surface area (Å²) in [5.41, 5.74) is 7.39. The minimum absolute atomic E-state index is 0.0379. The number of nitrogen functional groups attached to an aromatic ring is 1. The zero-order valence-electron chi connectivity index (χ0n) is 12.2. The van der Waals surface area contributed by atoms with Crippen molar-refractivity contribution in [3.63, 3.8) is 0 Å². The van der Waals surface area contributed by atoms with Crippen molar-refractivity contribution in [3.8, 4) is 11.6 Å². The third-order valence-corrected chi connectivity index (χ3v) is 3.26. The number of rotatable bonds is 4. The van der Waals surface area contributed by atoms with E-state index in [1.54, 1.807) is 6.07 Å². The molecular formula is C15H19N3O3. The zero-order chi connectivity index (χ0) is 14.8. The highest BCUT2D eigenvalue weighted by Gasteiger charge is 2.19. The molecule has 6 nitrogen and oxygen atoms in total. The molecule has 1 unspecified atom stereocenters. The monoisotopic (exact) mass is 289 g/mol. The van der Waals surface area contributed by atoms with Crippen LogP contribution in [-0.2, 0) is 4.74 Å². The van der Waals surface area contributed by atoms with Gasteiger partial charge in [-0.15, -0.1) is 0 Å². The predicted octanol–water partition coefficient (Wildman–Crippen LogP) is 2.17. The molecule has 1 aliphatic heterocycles. The lowest BCUT2D eigenvalue weighted by Crippen LogP contribution is -2.16. The zero-order valence-corrected chi connectivity index (χ0v) is 12.2. The van der Waals surface area contributed by atoms with E-state index >= 15 is 0 Å². The van der Waals surface area contributed by atoms with Gasteiger partial charge in [-0.25, -0.2) is 9.97 Å². The average Bonchev–Trinajstić information content (AvgIpc) is 2.93. The standard InChI is InChI=1S/C15H19N3O3/c1-9(2)20-15-11-5-12(16)14(6-13(11)17-8-18-15)21-10-3-4-19-7-10/h5-6,8-10H,3-4,7,16H2,1-2H3.